The lowest BCUT2D eigenvalue weighted by Gasteiger charge is -2.35. The van der Waals surface area contributed by atoms with Crippen molar-refractivity contribution >= 4 is 5.91 Å². The highest BCUT2D eigenvalue weighted by Crippen LogP contribution is 2.40. The highest BCUT2D eigenvalue weighted by molar-refractivity contribution is 5.82. The fraction of sp³-hybridized carbons (Fsp3) is 0.500. The number of fused-ring (bicyclic) bond motifs is 1. The molecule has 92 valence electrons. The summed E-state index contributed by atoms with van der Waals surface area (Å²) in [6.45, 7) is 0.169. The van der Waals surface area contributed by atoms with Gasteiger partial charge in [-0.15, -0.1) is 0 Å². The maximum atomic E-state index is 11.4. The molecule has 1 aromatic rings. The Morgan fingerprint density at radius 2 is 2.53 bits per heavy atom. The van der Waals surface area contributed by atoms with Crippen LogP contribution in [0.25, 0.3) is 0 Å². The Labute approximate surface area is 99.6 Å². The van der Waals surface area contributed by atoms with E-state index in [4.69, 9.17) is 10.5 Å². The van der Waals surface area contributed by atoms with Gasteiger partial charge in [0, 0.05) is 13.3 Å². The predicted molar refractivity (Wildman–Crippen MR) is 61.2 cm³/mol. The van der Waals surface area contributed by atoms with Crippen molar-refractivity contribution in [1.29, 1.82) is 0 Å². The summed E-state index contributed by atoms with van der Waals surface area (Å²) in [4.78, 5) is 15.6. The van der Waals surface area contributed by atoms with Gasteiger partial charge in [-0.2, -0.15) is 0 Å². The van der Waals surface area contributed by atoms with Crippen LogP contribution in [0.1, 0.15) is 30.0 Å². The van der Waals surface area contributed by atoms with Crippen LogP contribution in [0.15, 0.2) is 18.3 Å². The monoisotopic (exact) mass is 236 g/mol. The van der Waals surface area contributed by atoms with E-state index < -0.39 is 5.60 Å². The van der Waals surface area contributed by atoms with E-state index in [1.807, 2.05) is 0 Å². The van der Waals surface area contributed by atoms with Gasteiger partial charge in [-0.25, -0.2) is 0 Å². The number of carbonyl (C=O) groups is 1. The second kappa shape index (κ2) is 4.43. The zero-order valence-corrected chi connectivity index (χ0v) is 9.72. The Morgan fingerprint density at radius 3 is 3.18 bits per heavy atom. The molecule has 17 heavy (non-hydrogen) atoms. The lowest BCUT2D eigenvalue weighted by Crippen LogP contribution is -2.40. The number of primary amides is 1. The molecule has 1 aliphatic carbocycles. The largest absolute Gasteiger partial charge is 0.381 e. The van der Waals surface area contributed by atoms with E-state index in [2.05, 4.69) is 4.98 Å². The number of rotatable bonds is 3. The van der Waals surface area contributed by atoms with Crippen LogP contribution in [0, 0.1) is 0 Å². The molecule has 0 radical (unpaired) electrons. The summed E-state index contributed by atoms with van der Waals surface area (Å²) in [5.74, 6) is -0.741. The smallest absolute Gasteiger partial charge is 0.225 e. The van der Waals surface area contributed by atoms with Crippen molar-refractivity contribution in [3.63, 3.8) is 0 Å². The molecular weight excluding hydrogens is 220 g/mol. The number of aromatic nitrogens is 1. The zero-order valence-electron chi connectivity index (χ0n) is 9.72. The summed E-state index contributed by atoms with van der Waals surface area (Å²) in [5, 5.41) is 10.5. The third kappa shape index (κ3) is 2.03. The number of hydrogen-bond acceptors (Lipinski definition) is 4. The van der Waals surface area contributed by atoms with Crippen molar-refractivity contribution in [2.45, 2.75) is 24.4 Å². The number of amides is 1. The topological polar surface area (TPSA) is 85.4 Å². The van der Waals surface area contributed by atoms with Gasteiger partial charge in [0.1, 0.15) is 5.60 Å². The van der Waals surface area contributed by atoms with Gasteiger partial charge in [0.15, 0.2) is 0 Å². The molecule has 0 bridgehead atoms. The maximum Gasteiger partial charge on any atom is 0.225 e. The SMILES string of the molecule is COCC1(O)CCC(C(N)=O)c2cccnc21. The predicted octanol–water partition coefficient (Wildman–Crippen LogP) is 0.278. The molecule has 0 fully saturated rings. The fourth-order valence-corrected chi connectivity index (χ4v) is 2.42. The molecule has 3 N–H and O–H groups in total. The minimum atomic E-state index is -1.11. The van der Waals surface area contributed by atoms with Crippen molar-refractivity contribution in [2.75, 3.05) is 13.7 Å². The van der Waals surface area contributed by atoms with Gasteiger partial charge >= 0.3 is 0 Å². The molecule has 2 rings (SSSR count). The van der Waals surface area contributed by atoms with Crippen LogP contribution in [-0.2, 0) is 15.1 Å². The number of ether oxygens (including phenoxy) is 1. The molecule has 0 aromatic carbocycles. The van der Waals surface area contributed by atoms with Gasteiger partial charge in [-0.05, 0) is 24.5 Å². The highest BCUT2D eigenvalue weighted by Gasteiger charge is 2.41. The third-order valence-electron chi connectivity index (χ3n) is 3.23. The molecule has 0 spiro atoms. The molecule has 1 heterocycles. The fourth-order valence-electron chi connectivity index (χ4n) is 2.42. The van der Waals surface area contributed by atoms with Crippen molar-refractivity contribution in [3.05, 3.63) is 29.6 Å². The number of nitrogens with two attached hydrogens (primary N) is 1. The molecule has 2 unspecified atom stereocenters. The number of hydrogen-bond donors (Lipinski definition) is 2. The summed E-state index contributed by atoms with van der Waals surface area (Å²) >= 11 is 0. The van der Waals surface area contributed by atoms with E-state index in [0.29, 0.717) is 24.1 Å². The molecular formula is C12H16N2O3. The molecule has 2 atom stereocenters. The number of methoxy groups -OCH3 is 1. The molecule has 5 heteroatoms. The lowest BCUT2D eigenvalue weighted by atomic mass is 9.76. The first kappa shape index (κ1) is 12.0. The van der Waals surface area contributed by atoms with Crippen LogP contribution in [0.4, 0.5) is 0 Å². The van der Waals surface area contributed by atoms with E-state index in [9.17, 15) is 9.90 Å². The van der Waals surface area contributed by atoms with E-state index in [1.165, 1.54) is 7.11 Å². The van der Waals surface area contributed by atoms with Gasteiger partial charge in [-0.1, -0.05) is 6.07 Å². The molecule has 0 aliphatic heterocycles. The molecule has 1 aliphatic rings. The molecule has 1 aromatic heterocycles. The van der Waals surface area contributed by atoms with E-state index in [1.54, 1.807) is 18.3 Å². The van der Waals surface area contributed by atoms with Crippen molar-refractivity contribution in [3.8, 4) is 0 Å². The first-order valence-corrected chi connectivity index (χ1v) is 5.54. The third-order valence-corrected chi connectivity index (χ3v) is 3.23. The van der Waals surface area contributed by atoms with Crippen LogP contribution >= 0.6 is 0 Å². The zero-order chi connectivity index (χ0) is 12.5. The number of aliphatic hydroxyl groups is 1. The molecule has 0 saturated carbocycles. The van der Waals surface area contributed by atoms with Gasteiger partial charge in [-0.3, -0.25) is 9.78 Å². The standard InChI is InChI=1S/C12H16N2O3/c1-17-7-12(16)5-4-9(11(13)15)8-3-2-6-14-10(8)12/h2-3,6,9,16H,4-5,7H2,1H3,(H2,13,15). The van der Waals surface area contributed by atoms with Crippen molar-refractivity contribution in [2.24, 2.45) is 5.73 Å². The Morgan fingerprint density at radius 1 is 1.76 bits per heavy atom. The van der Waals surface area contributed by atoms with Crippen LogP contribution < -0.4 is 5.73 Å². The average molecular weight is 236 g/mol. The molecule has 1 amide bonds. The summed E-state index contributed by atoms with van der Waals surface area (Å²) in [6, 6.07) is 3.53. The Hall–Kier alpha value is -1.46. The minimum Gasteiger partial charge on any atom is -0.381 e. The van der Waals surface area contributed by atoms with Crippen LogP contribution in [0.2, 0.25) is 0 Å². The van der Waals surface area contributed by atoms with Crippen molar-refractivity contribution in [1.82, 2.24) is 4.98 Å². The quantitative estimate of drug-likeness (QED) is 0.789. The summed E-state index contributed by atoms with van der Waals surface area (Å²) in [5.41, 5.74) is 5.48. The van der Waals surface area contributed by atoms with Crippen LogP contribution in [-0.4, -0.2) is 29.7 Å². The van der Waals surface area contributed by atoms with Gasteiger partial charge < -0.3 is 15.6 Å². The van der Waals surface area contributed by atoms with Gasteiger partial charge in [0.2, 0.25) is 5.91 Å². The Balaban J connectivity index is 2.47. The highest BCUT2D eigenvalue weighted by atomic mass is 16.5. The first-order chi connectivity index (χ1) is 8.08. The van der Waals surface area contributed by atoms with E-state index in [-0.39, 0.29) is 18.4 Å². The Bertz CT molecular complexity index is 436. The first-order valence-electron chi connectivity index (χ1n) is 5.54. The molecule has 5 nitrogen and oxygen atoms in total. The minimum absolute atomic E-state index is 0.169. The maximum absolute atomic E-state index is 11.4. The van der Waals surface area contributed by atoms with Crippen LogP contribution in [0.5, 0.6) is 0 Å². The summed E-state index contributed by atoms with van der Waals surface area (Å²) < 4.78 is 5.03. The summed E-state index contributed by atoms with van der Waals surface area (Å²) in [6.07, 6.45) is 2.55. The second-order valence-electron chi connectivity index (χ2n) is 4.40. The average Bonchev–Trinajstić information content (AvgIpc) is 2.29. The number of nitrogens with zero attached hydrogens (tertiary/aromatic N) is 1. The number of pyridine rings is 1. The second-order valence-corrected chi connectivity index (χ2v) is 4.40. The van der Waals surface area contributed by atoms with E-state index in [0.717, 1.165) is 0 Å². The van der Waals surface area contributed by atoms with Crippen LogP contribution in [0.3, 0.4) is 0 Å². The number of carbonyl (C=O) groups excluding carboxylic acids is 1. The normalized spacial score (nSPS) is 27.5. The summed E-state index contributed by atoms with van der Waals surface area (Å²) in [7, 11) is 1.53. The van der Waals surface area contributed by atoms with Gasteiger partial charge in [0.25, 0.3) is 0 Å². The van der Waals surface area contributed by atoms with Gasteiger partial charge in [0.05, 0.1) is 18.2 Å². The Kier molecular flexibility index (Phi) is 3.13. The van der Waals surface area contributed by atoms with Crippen molar-refractivity contribution < 1.29 is 14.6 Å². The van der Waals surface area contributed by atoms with E-state index >= 15 is 0 Å². The lowest BCUT2D eigenvalue weighted by molar-refractivity contribution is -0.121. The molecule has 0 saturated heterocycles.